The largest absolute Gasteiger partial charge is 0.445 e. The fourth-order valence-electron chi connectivity index (χ4n) is 3.06. The summed E-state index contributed by atoms with van der Waals surface area (Å²) in [5, 5.41) is 0. The minimum absolute atomic E-state index is 0.0135. The van der Waals surface area contributed by atoms with Crippen molar-refractivity contribution in [3.05, 3.63) is 12.7 Å². The number of ether oxygens (including phenoxy) is 1. The second-order valence-corrected chi connectivity index (χ2v) is 7.85. The monoisotopic (exact) mass is 389 g/mol. The predicted molar refractivity (Wildman–Crippen MR) is 90.6 cm³/mol. The summed E-state index contributed by atoms with van der Waals surface area (Å²) in [5.74, 6) is -0.227. The Hall–Kier alpha value is -2.14. The van der Waals surface area contributed by atoms with Crippen LogP contribution in [0.1, 0.15) is 6.42 Å². The molecule has 10 nitrogen and oxygen atoms in total. The molecule has 0 bridgehead atoms. The third-order valence-electron chi connectivity index (χ3n) is 4.17. The van der Waals surface area contributed by atoms with Crippen LogP contribution in [0.25, 0.3) is 0 Å². The molecule has 0 aliphatic carbocycles. The molecule has 2 fully saturated rings. The van der Waals surface area contributed by atoms with Gasteiger partial charge in [-0.05, 0) is 6.42 Å². The van der Waals surface area contributed by atoms with Crippen molar-refractivity contribution in [1.82, 2.24) is 14.7 Å². The number of hydrogen-bond acceptors (Lipinski definition) is 7. The van der Waals surface area contributed by atoms with Gasteiger partial charge in [0.2, 0.25) is 12.3 Å². The van der Waals surface area contributed by atoms with Gasteiger partial charge in [-0.1, -0.05) is 12.7 Å². The Kier molecular flexibility index (Phi) is 6.59. The smallest absolute Gasteiger partial charge is 0.410 e. The lowest BCUT2D eigenvalue weighted by Crippen LogP contribution is -2.53. The topological polar surface area (TPSA) is 114 Å². The van der Waals surface area contributed by atoms with Crippen LogP contribution in [-0.4, -0.2) is 99.3 Å². The van der Waals surface area contributed by atoms with Gasteiger partial charge in [0, 0.05) is 19.6 Å². The second-order valence-electron chi connectivity index (χ2n) is 6.25. The molecule has 0 spiro atoms. The fraction of sp³-hybridized carbons (Fsp3) is 0.667. The van der Waals surface area contributed by atoms with Crippen LogP contribution >= 0.6 is 0 Å². The highest BCUT2D eigenvalue weighted by Gasteiger charge is 2.40. The molecule has 2 rings (SSSR count). The molecule has 2 aliphatic rings. The van der Waals surface area contributed by atoms with Crippen molar-refractivity contribution >= 4 is 28.5 Å². The standard InChI is InChI=1S/C15H23N3O7S/c1-3-6-24-15(21)18-9-13(25-26(2,22)23)7-12(18)8-17-5-4-16(11-19)10-14(17)20/h3,11-13H,1,4-10H2,2H3/t12-,13+/m0/s1. The third kappa shape index (κ3) is 5.43. The van der Waals surface area contributed by atoms with Crippen LogP contribution in [0.2, 0.25) is 0 Å². The average molecular weight is 389 g/mol. The van der Waals surface area contributed by atoms with E-state index in [1.54, 1.807) is 4.90 Å². The van der Waals surface area contributed by atoms with Crippen LogP contribution in [-0.2, 0) is 28.6 Å². The quantitative estimate of drug-likeness (QED) is 0.313. The molecule has 0 saturated carbocycles. The molecule has 0 aromatic heterocycles. The Morgan fingerprint density at radius 1 is 1.38 bits per heavy atom. The third-order valence-corrected chi connectivity index (χ3v) is 4.80. The fourth-order valence-corrected chi connectivity index (χ4v) is 3.70. The molecule has 0 aromatic carbocycles. The lowest BCUT2D eigenvalue weighted by Gasteiger charge is -2.35. The number of carbonyl (C=O) groups excluding carboxylic acids is 3. The van der Waals surface area contributed by atoms with Gasteiger partial charge in [0.25, 0.3) is 10.1 Å². The molecule has 0 aromatic rings. The Morgan fingerprint density at radius 2 is 2.12 bits per heavy atom. The highest BCUT2D eigenvalue weighted by Crippen LogP contribution is 2.24. The van der Waals surface area contributed by atoms with Crippen LogP contribution in [0.4, 0.5) is 4.79 Å². The van der Waals surface area contributed by atoms with E-state index in [1.807, 2.05) is 0 Å². The molecule has 0 N–H and O–H groups in total. The molecule has 11 heteroatoms. The maximum Gasteiger partial charge on any atom is 0.410 e. The molecule has 2 aliphatic heterocycles. The maximum atomic E-state index is 12.2. The number of nitrogens with zero attached hydrogens (tertiary/aromatic N) is 3. The summed E-state index contributed by atoms with van der Waals surface area (Å²) in [5.41, 5.74) is 0. The summed E-state index contributed by atoms with van der Waals surface area (Å²) in [4.78, 5) is 39.5. The molecule has 2 heterocycles. The summed E-state index contributed by atoms with van der Waals surface area (Å²) in [6, 6.07) is -0.439. The number of rotatable bonds is 7. The van der Waals surface area contributed by atoms with Gasteiger partial charge in [0.05, 0.1) is 31.5 Å². The van der Waals surface area contributed by atoms with Crippen molar-refractivity contribution in [2.75, 3.05) is 45.6 Å². The van der Waals surface area contributed by atoms with Crippen molar-refractivity contribution in [1.29, 1.82) is 0 Å². The first-order valence-corrected chi connectivity index (χ1v) is 9.94. The zero-order chi connectivity index (χ0) is 19.3. The van der Waals surface area contributed by atoms with Crippen LogP contribution in [0.15, 0.2) is 12.7 Å². The van der Waals surface area contributed by atoms with Crippen molar-refractivity contribution in [3.63, 3.8) is 0 Å². The van der Waals surface area contributed by atoms with Crippen molar-refractivity contribution in [3.8, 4) is 0 Å². The lowest BCUT2D eigenvalue weighted by atomic mass is 10.1. The van der Waals surface area contributed by atoms with Crippen molar-refractivity contribution in [2.24, 2.45) is 0 Å². The molecule has 2 saturated heterocycles. The van der Waals surface area contributed by atoms with E-state index in [9.17, 15) is 22.8 Å². The molecular formula is C15H23N3O7S. The first-order valence-electron chi connectivity index (χ1n) is 8.13. The van der Waals surface area contributed by atoms with Gasteiger partial charge in [-0.15, -0.1) is 0 Å². The molecule has 26 heavy (non-hydrogen) atoms. The van der Waals surface area contributed by atoms with Crippen LogP contribution in [0.3, 0.4) is 0 Å². The first kappa shape index (κ1) is 20.2. The number of likely N-dealkylation sites (tertiary alicyclic amines) is 1. The van der Waals surface area contributed by atoms with Gasteiger partial charge in [0.15, 0.2) is 0 Å². The van der Waals surface area contributed by atoms with Crippen LogP contribution < -0.4 is 0 Å². The zero-order valence-electron chi connectivity index (χ0n) is 14.6. The number of hydrogen-bond donors (Lipinski definition) is 0. The van der Waals surface area contributed by atoms with E-state index in [0.717, 1.165) is 6.26 Å². The molecule has 2 atom stereocenters. The minimum Gasteiger partial charge on any atom is -0.445 e. The number of piperazine rings is 1. The second kappa shape index (κ2) is 8.49. The molecule has 0 unspecified atom stereocenters. The SMILES string of the molecule is C=CCOC(=O)N1C[C@H](OS(C)(=O)=O)C[C@H]1CN1CCN(C=O)CC1=O. The Labute approximate surface area is 152 Å². The minimum atomic E-state index is -3.67. The van der Waals surface area contributed by atoms with Crippen LogP contribution in [0, 0.1) is 0 Å². The normalized spacial score (nSPS) is 23.9. The van der Waals surface area contributed by atoms with E-state index in [-0.39, 0.29) is 38.6 Å². The van der Waals surface area contributed by atoms with E-state index < -0.39 is 28.4 Å². The average Bonchev–Trinajstić information content (AvgIpc) is 2.94. The summed E-state index contributed by atoms with van der Waals surface area (Å²) >= 11 is 0. The van der Waals surface area contributed by atoms with Gasteiger partial charge in [-0.3, -0.25) is 13.8 Å². The zero-order valence-corrected chi connectivity index (χ0v) is 15.4. The Bertz CT molecular complexity index is 666. The molecule has 0 radical (unpaired) electrons. The predicted octanol–water partition coefficient (Wildman–Crippen LogP) is -0.971. The van der Waals surface area contributed by atoms with E-state index in [0.29, 0.717) is 19.5 Å². The van der Waals surface area contributed by atoms with E-state index in [1.165, 1.54) is 15.9 Å². The van der Waals surface area contributed by atoms with Gasteiger partial charge in [-0.2, -0.15) is 8.42 Å². The van der Waals surface area contributed by atoms with Crippen molar-refractivity contribution < 1.29 is 31.7 Å². The summed E-state index contributed by atoms with van der Waals surface area (Å²) in [7, 11) is -3.67. The van der Waals surface area contributed by atoms with Gasteiger partial charge in [-0.25, -0.2) is 4.79 Å². The summed E-state index contributed by atoms with van der Waals surface area (Å²) < 4.78 is 32.8. The number of amides is 3. The van der Waals surface area contributed by atoms with Crippen LogP contribution in [0.5, 0.6) is 0 Å². The van der Waals surface area contributed by atoms with Crippen molar-refractivity contribution in [2.45, 2.75) is 18.6 Å². The Balaban J connectivity index is 2.06. The van der Waals surface area contributed by atoms with Gasteiger partial charge >= 0.3 is 6.09 Å². The molecular weight excluding hydrogens is 366 g/mol. The Morgan fingerprint density at radius 3 is 2.69 bits per heavy atom. The summed E-state index contributed by atoms with van der Waals surface area (Å²) in [6.07, 6.45) is 1.95. The van der Waals surface area contributed by atoms with E-state index in [4.69, 9.17) is 8.92 Å². The van der Waals surface area contributed by atoms with E-state index >= 15 is 0 Å². The maximum absolute atomic E-state index is 12.2. The molecule has 146 valence electrons. The van der Waals surface area contributed by atoms with Gasteiger partial charge in [0.1, 0.15) is 6.61 Å². The highest BCUT2D eigenvalue weighted by atomic mass is 32.2. The summed E-state index contributed by atoms with van der Waals surface area (Å²) in [6.45, 7) is 4.52. The first-order chi connectivity index (χ1) is 12.2. The highest BCUT2D eigenvalue weighted by molar-refractivity contribution is 7.86. The van der Waals surface area contributed by atoms with Gasteiger partial charge < -0.3 is 19.4 Å². The lowest BCUT2D eigenvalue weighted by molar-refractivity contribution is -0.140. The van der Waals surface area contributed by atoms with E-state index in [2.05, 4.69) is 6.58 Å². The molecule has 3 amide bonds. The number of carbonyl (C=O) groups is 3.